The number of nitrogens with one attached hydrogen (secondary N) is 2. The molecule has 1 amide bonds. The molecule has 0 saturated carbocycles. The first-order chi connectivity index (χ1) is 11.5. The van der Waals surface area contributed by atoms with E-state index in [1.165, 1.54) is 0 Å². The molecule has 0 aliphatic rings. The van der Waals surface area contributed by atoms with Crippen LogP contribution in [0.25, 0.3) is 0 Å². The summed E-state index contributed by atoms with van der Waals surface area (Å²) in [6, 6.07) is 14.9. The molecule has 6 heteroatoms. The van der Waals surface area contributed by atoms with Crippen LogP contribution in [0.4, 0.5) is 0 Å². The van der Waals surface area contributed by atoms with Crippen LogP contribution in [0.15, 0.2) is 48.5 Å². The van der Waals surface area contributed by atoms with Crippen molar-refractivity contribution in [3.05, 3.63) is 59.7 Å². The summed E-state index contributed by atoms with van der Waals surface area (Å²) < 4.78 is 10.5. The van der Waals surface area contributed by atoms with E-state index in [1.54, 1.807) is 20.3 Å². The fraction of sp³-hybridized carbons (Fsp3) is 0.222. The SMILES string of the molecule is COc1ccc(CC(C(=O)NC(=N)N)c2ccccc2)cc1OC. The van der Waals surface area contributed by atoms with Gasteiger partial charge in [-0.15, -0.1) is 0 Å². The van der Waals surface area contributed by atoms with E-state index in [0.29, 0.717) is 17.9 Å². The molecule has 0 spiro atoms. The van der Waals surface area contributed by atoms with Crippen molar-refractivity contribution in [1.29, 1.82) is 5.41 Å². The van der Waals surface area contributed by atoms with E-state index in [2.05, 4.69) is 5.32 Å². The summed E-state index contributed by atoms with van der Waals surface area (Å²) in [4.78, 5) is 12.4. The van der Waals surface area contributed by atoms with E-state index in [1.807, 2.05) is 42.5 Å². The predicted octanol–water partition coefficient (Wildman–Crippen LogP) is 2.04. The first-order valence-corrected chi connectivity index (χ1v) is 7.46. The molecule has 1 unspecified atom stereocenters. The number of methoxy groups -OCH3 is 2. The molecular formula is C18H21N3O3. The lowest BCUT2D eigenvalue weighted by Crippen LogP contribution is -2.39. The van der Waals surface area contributed by atoms with Gasteiger partial charge in [-0.2, -0.15) is 0 Å². The summed E-state index contributed by atoms with van der Waals surface area (Å²) in [5.41, 5.74) is 7.07. The maximum Gasteiger partial charge on any atom is 0.234 e. The second-order valence-electron chi connectivity index (χ2n) is 5.26. The van der Waals surface area contributed by atoms with Gasteiger partial charge in [0.1, 0.15) is 0 Å². The van der Waals surface area contributed by atoms with E-state index in [9.17, 15) is 4.79 Å². The lowest BCUT2D eigenvalue weighted by molar-refractivity contribution is -0.121. The Hall–Kier alpha value is -3.02. The molecule has 0 aliphatic carbocycles. The highest BCUT2D eigenvalue weighted by Crippen LogP contribution is 2.30. The zero-order valence-electron chi connectivity index (χ0n) is 13.7. The van der Waals surface area contributed by atoms with Crippen LogP contribution in [0.1, 0.15) is 17.0 Å². The zero-order chi connectivity index (χ0) is 17.5. The van der Waals surface area contributed by atoms with Gasteiger partial charge in [-0.05, 0) is 29.7 Å². The van der Waals surface area contributed by atoms with Gasteiger partial charge in [0.05, 0.1) is 20.1 Å². The fourth-order valence-corrected chi connectivity index (χ4v) is 2.51. The topological polar surface area (TPSA) is 97.4 Å². The lowest BCUT2D eigenvalue weighted by atomic mass is 9.91. The Morgan fingerprint density at radius 2 is 1.79 bits per heavy atom. The molecular weight excluding hydrogens is 306 g/mol. The minimum absolute atomic E-state index is 0.316. The molecule has 0 radical (unpaired) electrons. The van der Waals surface area contributed by atoms with Gasteiger partial charge in [-0.3, -0.25) is 15.5 Å². The number of hydrogen-bond donors (Lipinski definition) is 3. The fourth-order valence-electron chi connectivity index (χ4n) is 2.51. The molecule has 0 heterocycles. The third-order valence-electron chi connectivity index (χ3n) is 3.66. The number of guanidine groups is 1. The van der Waals surface area contributed by atoms with Crippen molar-refractivity contribution >= 4 is 11.9 Å². The Labute approximate surface area is 141 Å². The molecule has 1 atom stereocenters. The predicted molar refractivity (Wildman–Crippen MR) is 92.5 cm³/mol. The van der Waals surface area contributed by atoms with Crippen LogP contribution in [0, 0.1) is 5.41 Å². The molecule has 0 saturated heterocycles. The van der Waals surface area contributed by atoms with Crippen LogP contribution in [0.5, 0.6) is 11.5 Å². The van der Waals surface area contributed by atoms with Crippen molar-refractivity contribution in [3.63, 3.8) is 0 Å². The number of rotatable bonds is 6. The summed E-state index contributed by atoms with van der Waals surface area (Å²) in [6.07, 6.45) is 0.448. The smallest absolute Gasteiger partial charge is 0.234 e. The summed E-state index contributed by atoms with van der Waals surface area (Å²) >= 11 is 0. The summed E-state index contributed by atoms with van der Waals surface area (Å²) in [6.45, 7) is 0. The Morgan fingerprint density at radius 3 is 2.38 bits per heavy atom. The first kappa shape index (κ1) is 17.3. The standard InChI is InChI=1S/C18H21N3O3/c1-23-15-9-8-12(11-16(15)24-2)10-14(17(22)21-18(19)20)13-6-4-3-5-7-13/h3-9,11,14H,10H2,1-2H3,(H4,19,20,21,22). The van der Waals surface area contributed by atoms with Crippen LogP contribution >= 0.6 is 0 Å². The molecule has 0 aliphatic heterocycles. The summed E-state index contributed by atoms with van der Waals surface area (Å²) in [7, 11) is 3.14. The van der Waals surface area contributed by atoms with Crippen molar-refractivity contribution in [2.75, 3.05) is 14.2 Å². The number of nitrogens with two attached hydrogens (primary N) is 1. The molecule has 0 aromatic heterocycles. The number of ether oxygens (including phenoxy) is 2. The highest BCUT2D eigenvalue weighted by molar-refractivity contribution is 5.98. The van der Waals surface area contributed by atoms with Crippen LogP contribution in [-0.4, -0.2) is 26.1 Å². The third kappa shape index (κ3) is 4.25. The minimum Gasteiger partial charge on any atom is -0.493 e. The number of amides is 1. The van der Waals surface area contributed by atoms with E-state index in [-0.39, 0.29) is 11.9 Å². The van der Waals surface area contributed by atoms with Crippen molar-refractivity contribution in [3.8, 4) is 11.5 Å². The molecule has 2 rings (SSSR count). The van der Waals surface area contributed by atoms with Gasteiger partial charge in [0.2, 0.25) is 5.91 Å². The van der Waals surface area contributed by atoms with Crippen LogP contribution in [0.2, 0.25) is 0 Å². The molecule has 4 N–H and O–H groups in total. The first-order valence-electron chi connectivity index (χ1n) is 7.46. The Balaban J connectivity index is 2.31. The van der Waals surface area contributed by atoms with Gasteiger partial charge in [-0.1, -0.05) is 36.4 Å². The van der Waals surface area contributed by atoms with Crippen molar-refractivity contribution < 1.29 is 14.3 Å². The van der Waals surface area contributed by atoms with Crippen molar-refractivity contribution in [2.24, 2.45) is 5.73 Å². The highest BCUT2D eigenvalue weighted by Gasteiger charge is 2.22. The van der Waals surface area contributed by atoms with Crippen molar-refractivity contribution in [2.45, 2.75) is 12.3 Å². The van der Waals surface area contributed by atoms with E-state index in [0.717, 1.165) is 11.1 Å². The largest absolute Gasteiger partial charge is 0.493 e. The van der Waals surface area contributed by atoms with Crippen LogP contribution < -0.4 is 20.5 Å². The molecule has 6 nitrogen and oxygen atoms in total. The number of benzene rings is 2. The Bertz CT molecular complexity index is 717. The van der Waals surface area contributed by atoms with Gasteiger partial charge in [0.15, 0.2) is 17.5 Å². The average molecular weight is 327 g/mol. The van der Waals surface area contributed by atoms with Gasteiger partial charge in [-0.25, -0.2) is 0 Å². The number of carbonyl (C=O) groups is 1. The summed E-state index contributed by atoms with van der Waals surface area (Å²) in [5, 5.41) is 9.67. The van der Waals surface area contributed by atoms with Gasteiger partial charge in [0.25, 0.3) is 0 Å². The molecule has 0 fully saturated rings. The Morgan fingerprint density at radius 1 is 1.12 bits per heavy atom. The van der Waals surface area contributed by atoms with Crippen molar-refractivity contribution in [1.82, 2.24) is 5.32 Å². The molecule has 126 valence electrons. The molecule has 24 heavy (non-hydrogen) atoms. The highest BCUT2D eigenvalue weighted by atomic mass is 16.5. The van der Waals surface area contributed by atoms with Gasteiger partial charge >= 0.3 is 0 Å². The normalized spacial score (nSPS) is 11.4. The van der Waals surface area contributed by atoms with Gasteiger partial charge < -0.3 is 15.2 Å². The summed E-state index contributed by atoms with van der Waals surface area (Å²) in [5.74, 6) is 0.0874. The van der Waals surface area contributed by atoms with E-state index >= 15 is 0 Å². The number of hydrogen-bond acceptors (Lipinski definition) is 4. The maximum atomic E-state index is 12.4. The van der Waals surface area contributed by atoms with E-state index < -0.39 is 5.92 Å². The third-order valence-corrected chi connectivity index (χ3v) is 3.66. The minimum atomic E-state index is -0.465. The molecule has 0 bridgehead atoms. The average Bonchev–Trinajstić information content (AvgIpc) is 2.59. The monoisotopic (exact) mass is 327 g/mol. The van der Waals surface area contributed by atoms with E-state index in [4.69, 9.17) is 20.6 Å². The lowest BCUT2D eigenvalue weighted by Gasteiger charge is -2.18. The van der Waals surface area contributed by atoms with Crippen LogP contribution in [0.3, 0.4) is 0 Å². The second kappa shape index (κ2) is 8.01. The number of carbonyl (C=O) groups excluding carboxylic acids is 1. The zero-order valence-corrected chi connectivity index (χ0v) is 13.7. The van der Waals surface area contributed by atoms with Gasteiger partial charge in [0, 0.05) is 0 Å². The maximum absolute atomic E-state index is 12.4. The van der Waals surface area contributed by atoms with Crippen LogP contribution in [-0.2, 0) is 11.2 Å². The Kier molecular flexibility index (Phi) is 5.78. The molecule has 2 aromatic carbocycles. The molecule has 2 aromatic rings. The second-order valence-corrected chi connectivity index (χ2v) is 5.26. The quantitative estimate of drug-likeness (QED) is 0.558.